The average Bonchev–Trinajstić information content (AvgIpc) is 3.43. The normalized spacial score (nSPS) is 22.4. The lowest BCUT2D eigenvalue weighted by Gasteiger charge is -2.23. The van der Waals surface area contributed by atoms with E-state index in [-0.39, 0.29) is 15.8 Å². The lowest BCUT2D eigenvalue weighted by Crippen LogP contribution is -2.30. The molecule has 0 bridgehead atoms. The van der Waals surface area contributed by atoms with Gasteiger partial charge in [-0.15, -0.1) is 11.3 Å². The van der Waals surface area contributed by atoms with E-state index in [0.717, 1.165) is 30.6 Å². The van der Waals surface area contributed by atoms with Gasteiger partial charge in [-0.05, 0) is 61.4 Å². The van der Waals surface area contributed by atoms with Crippen molar-refractivity contribution in [1.82, 2.24) is 8.61 Å². The van der Waals surface area contributed by atoms with Gasteiger partial charge >= 0.3 is 0 Å². The van der Waals surface area contributed by atoms with Gasteiger partial charge in [-0.25, -0.2) is 16.8 Å². The van der Waals surface area contributed by atoms with Crippen LogP contribution in [0.15, 0.2) is 51.6 Å². The Balaban J connectivity index is 1.61. The molecule has 0 saturated carbocycles. The average molecular weight is 427 g/mol. The maximum atomic E-state index is 13.1. The predicted octanol–water partition coefficient (Wildman–Crippen LogP) is 3.06. The summed E-state index contributed by atoms with van der Waals surface area (Å²) in [7, 11) is -7.20. The van der Waals surface area contributed by atoms with Crippen molar-refractivity contribution in [3.8, 4) is 0 Å². The summed E-state index contributed by atoms with van der Waals surface area (Å²) < 4.78 is 54.5. The van der Waals surface area contributed by atoms with E-state index in [1.54, 1.807) is 15.6 Å². The van der Waals surface area contributed by atoms with Crippen molar-refractivity contribution in [3.63, 3.8) is 0 Å². The monoisotopic (exact) mass is 426 g/mol. The lowest BCUT2D eigenvalue weighted by molar-refractivity contribution is 0.401. The first-order valence-electron chi connectivity index (χ1n) is 9.06. The first kappa shape index (κ1) is 19.1. The van der Waals surface area contributed by atoms with E-state index in [1.807, 2.05) is 17.5 Å². The SMILES string of the molecule is O=S(=O)(c1ccc(S(=O)(=O)N2CCCC2c2cccs2)cc1)N1CCCC1. The summed E-state index contributed by atoms with van der Waals surface area (Å²) in [5.74, 6) is 0. The minimum atomic E-state index is -3.66. The van der Waals surface area contributed by atoms with Gasteiger partial charge < -0.3 is 0 Å². The molecule has 0 radical (unpaired) electrons. The summed E-state index contributed by atoms with van der Waals surface area (Å²) >= 11 is 1.56. The molecule has 2 aromatic rings. The van der Waals surface area contributed by atoms with Crippen molar-refractivity contribution in [3.05, 3.63) is 46.7 Å². The number of hydrogen-bond donors (Lipinski definition) is 0. The first-order valence-corrected chi connectivity index (χ1v) is 12.8. The molecule has 0 N–H and O–H groups in total. The van der Waals surface area contributed by atoms with Crippen molar-refractivity contribution in [2.45, 2.75) is 41.5 Å². The zero-order valence-electron chi connectivity index (χ0n) is 14.8. The van der Waals surface area contributed by atoms with Crippen LogP contribution in [0, 0.1) is 0 Å². The third kappa shape index (κ3) is 3.47. The van der Waals surface area contributed by atoms with Crippen LogP contribution in [-0.2, 0) is 20.0 Å². The molecule has 2 aliphatic heterocycles. The summed E-state index contributed by atoms with van der Waals surface area (Å²) in [5.41, 5.74) is 0. The molecule has 27 heavy (non-hydrogen) atoms. The number of thiophene rings is 1. The van der Waals surface area contributed by atoms with E-state index in [9.17, 15) is 16.8 Å². The second-order valence-electron chi connectivity index (χ2n) is 6.87. The third-order valence-corrected chi connectivity index (χ3v) is 10.0. The van der Waals surface area contributed by atoms with Gasteiger partial charge in [0.15, 0.2) is 0 Å². The molecule has 0 amide bonds. The highest BCUT2D eigenvalue weighted by Crippen LogP contribution is 2.38. The molecule has 2 saturated heterocycles. The standard InChI is InChI=1S/C18H22N2O4S3/c21-26(22,19-11-1-2-12-19)15-7-9-16(10-8-15)27(23,24)20-13-3-5-17(20)18-6-4-14-25-18/h4,6-10,14,17H,1-3,5,11-13H2. The van der Waals surface area contributed by atoms with E-state index in [2.05, 4.69) is 0 Å². The highest BCUT2D eigenvalue weighted by Gasteiger charge is 2.37. The number of nitrogens with zero attached hydrogens (tertiary/aromatic N) is 2. The molecule has 1 aromatic heterocycles. The van der Waals surface area contributed by atoms with Crippen LogP contribution in [0.3, 0.4) is 0 Å². The van der Waals surface area contributed by atoms with E-state index in [1.165, 1.54) is 28.6 Å². The quantitative estimate of drug-likeness (QED) is 0.736. The van der Waals surface area contributed by atoms with Gasteiger partial charge in [-0.3, -0.25) is 0 Å². The number of hydrogen-bond acceptors (Lipinski definition) is 5. The van der Waals surface area contributed by atoms with Crippen LogP contribution in [0.2, 0.25) is 0 Å². The van der Waals surface area contributed by atoms with Crippen LogP contribution in [0.4, 0.5) is 0 Å². The molecule has 1 aromatic carbocycles. The van der Waals surface area contributed by atoms with Gasteiger partial charge in [0.05, 0.1) is 15.8 Å². The van der Waals surface area contributed by atoms with Crippen LogP contribution in [0.1, 0.15) is 36.6 Å². The molecule has 3 heterocycles. The van der Waals surface area contributed by atoms with Crippen LogP contribution >= 0.6 is 11.3 Å². The zero-order chi connectivity index (χ0) is 19.1. The molecule has 0 aliphatic carbocycles. The molecule has 146 valence electrons. The summed E-state index contributed by atoms with van der Waals surface area (Å²) in [6, 6.07) is 9.43. The molecule has 9 heteroatoms. The number of benzene rings is 1. The molecule has 0 spiro atoms. The van der Waals surface area contributed by atoms with Crippen molar-refractivity contribution >= 4 is 31.4 Å². The Bertz CT molecular complexity index is 993. The maximum Gasteiger partial charge on any atom is 0.243 e. The molecule has 2 fully saturated rings. The highest BCUT2D eigenvalue weighted by molar-refractivity contribution is 7.89. The Morgan fingerprint density at radius 1 is 0.815 bits per heavy atom. The summed E-state index contributed by atoms with van der Waals surface area (Å²) in [6.07, 6.45) is 3.36. The molecule has 4 rings (SSSR count). The van der Waals surface area contributed by atoms with Gasteiger partial charge in [-0.1, -0.05) is 6.07 Å². The van der Waals surface area contributed by atoms with Crippen LogP contribution in [-0.4, -0.2) is 45.1 Å². The number of sulfonamides is 2. The first-order chi connectivity index (χ1) is 12.9. The topological polar surface area (TPSA) is 74.8 Å². The van der Waals surface area contributed by atoms with E-state index >= 15 is 0 Å². The van der Waals surface area contributed by atoms with Crippen molar-refractivity contribution in [2.24, 2.45) is 0 Å². The second-order valence-corrected chi connectivity index (χ2v) is 11.7. The minimum Gasteiger partial charge on any atom is -0.207 e. The fourth-order valence-electron chi connectivity index (χ4n) is 3.79. The fraction of sp³-hybridized carbons (Fsp3) is 0.444. The van der Waals surface area contributed by atoms with Gasteiger partial charge in [0.25, 0.3) is 0 Å². The minimum absolute atomic E-state index is 0.136. The fourth-order valence-corrected chi connectivity index (χ4v) is 7.92. The molecule has 6 nitrogen and oxygen atoms in total. The largest absolute Gasteiger partial charge is 0.243 e. The van der Waals surface area contributed by atoms with Gasteiger partial charge in [-0.2, -0.15) is 8.61 Å². The van der Waals surface area contributed by atoms with E-state index < -0.39 is 20.0 Å². The molecule has 2 aliphatic rings. The van der Waals surface area contributed by atoms with Gasteiger partial charge in [0.2, 0.25) is 20.0 Å². The molecular weight excluding hydrogens is 404 g/mol. The lowest BCUT2D eigenvalue weighted by atomic mass is 10.2. The third-order valence-electron chi connectivity index (χ3n) is 5.21. The van der Waals surface area contributed by atoms with Gasteiger partial charge in [0, 0.05) is 24.5 Å². The van der Waals surface area contributed by atoms with E-state index in [4.69, 9.17) is 0 Å². The predicted molar refractivity (Wildman–Crippen MR) is 105 cm³/mol. The smallest absolute Gasteiger partial charge is 0.207 e. The summed E-state index contributed by atoms with van der Waals surface area (Å²) in [5, 5.41) is 1.95. The van der Waals surface area contributed by atoms with Crippen molar-refractivity contribution in [1.29, 1.82) is 0 Å². The molecule has 1 unspecified atom stereocenters. The Morgan fingerprint density at radius 2 is 1.44 bits per heavy atom. The molecule has 1 atom stereocenters. The van der Waals surface area contributed by atoms with E-state index in [0.29, 0.717) is 19.6 Å². The second kappa shape index (κ2) is 7.29. The van der Waals surface area contributed by atoms with Crippen LogP contribution in [0.25, 0.3) is 0 Å². The Hall–Kier alpha value is -1.26. The Morgan fingerprint density at radius 3 is 2.04 bits per heavy atom. The molecular formula is C18H22N2O4S3. The van der Waals surface area contributed by atoms with Crippen LogP contribution in [0.5, 0.6) is 0 Å². The zero-order valence-corrected chi connectivity index (χ0v) is 17.3. The number of rotatable bonds is 5. The summed E-state index contributed by atoms with van der Waals surface area (Å²) in [4.78, 5) is 1.34. The summed E-state index contributed by atoms with van der Waals surface area (Å²) in [6.45, 7) is 1.54. The van der Waals surface area contributed by atoms with Gasteiger partial charge in [0.1, 0.15) is 0 Å². The Kier molecular flexibility index (Phi) is 5.15. The van der Waals surface area contributed by atoms with Crippen molar-refractivity contribution in [2.75, 3.05) is 19.6 Å². The van der Waals surface area contributed by atoms with Crippen LogP contribution < -0.4 is 0 Å². The highest BCUT2D eigenvalue weighted by atomic mass is 32.2. The Labute approximate surface area is 164 Å². The van der Waals surface area contributed by atoms with Crippen molar-refractivity contribution < 1.29 is 16.8 Å². The maximum absolute atomic E-state index is 13.1.